The molecule has 0 saturated heterocycles. The van der Waals surface area contributed by atoms with Crippen molar-refractivity contribution in [3.8, 4) is 0 Å². The van der Waals surface area contributed by atoms with E-state index >= 15 is 0 Å². The first-order valence-corrected chi connectivity index (χ1v) is 5.16. The molecular weight excluding hydrogens is 150 g/mol. The average Bonchev–Trinajstić information content (AvgIpc) is 2.06. The van der Waals surface area contributed by atoms with E-state index in [4.69, 9.17) is 10.5 Å². The summed E-state index contributed by atoms with van der Waals surface area (Å²) in [4.78, 5) is 0. The SMILES string of the molecule is CCCC(CCC)OCCCN. The van der Waals surface area contributed by atoms with Crippen molar-refractivity contribution in [3.63, 3.8) is 0 Å². The average molecular weight is 173 g/mol. The molecule has 2 N–H and O–H groups in total. The fraction of sp³-hybridized carbons (Fsp3) is 1.00. The summed E-state index contributed by atoms with van der Waals surface area (Å²) in [5.74, 6) is 0. The van der Waals surface area contributed by atoms with Crippen LogP contribution in [0.5, 0.6) is 0 Å². The van der Waals surface area contributed by atoms with Crippen LogP contribution in [0, 0.1) is 0 Å². The van der Waals surface area contributed by atoms with Gasteiger partial charge in [0, 0.05) is 6.61 Å². The van der Waals surface area contributed by atoms with Gasteiger partial charge in [0.05, 0.1) is 6.10 Å². The van der Waals surface area contributed by atoms with Crippen LogP contribution in [-0.2, 0) is 4.74 Å². The third-order valence-corrected chi connectivity index (χ3v) is 1.92. The second kappa shape index (κ2) is 9.01. The highest BCUT2D eigenvalue weighted by Crippen LogP contribution is 2.09. The van der Waals surface area contributed by atoms with Crippen molar-refractivity contribution in [1.29, 1.82) is 0 Å². The number of hydrogen-bond acceptors (Lipinski definition) is 2. The standard InChI is InChI=1S/C10H23NO/c1-3-6-10(7-4-2)12-9-5-8-11/h10H,3-9,11H2,1-2H3. The Labute approximate surface area is 76.5 Å². The van der Waals surface area contributed by atoms with Gasteiger partial charge in [-0.3, -0.25) is 0 Å². The Morgan fingerprint density at radius 3 is 2.17 bits per heavy atom. The molecule has 0 radical (unpaired) electrons. The first kappa shape index (κ1) is 11.9. The van der Waals surface area contributed by atoms with Crippen LogP contribution in [0.25, 0.3) is 0 Å². The van der Waals surface area contributed by atoms with Gasteiger partial charge in [-0.05, 0) is 25.8 Å². The van der Waals surface area contributed by atoms with E-state index in [9.17, 15) is 0 Å². The minimum absolute atomic E-state index is 0.478. The molecular formula is C10H23NO. The lowest BCUT2D eigenvalue weighted by Gasteiger charge is -2.15. The highest BCUT2D eigenvalue weighted by atomic mass is 16.5. The summed E-state index contributed by atoms with van der Waals surface area (Å²) in [7, 11) is 0. The molecule has 0 aliphatic heterocycles. The van der Waals surface area contributed by atoms with Gasteiger partial charge in [0.1, 0.15) is 0 Å². The van der Waals surface area contributed by atoms with Gasteiger partial charge in [-0.25, -0.2) is 0 Å². The number of nitrogens with two attached hydrogens (primary N) is 1. The zero-order valence-corrected chi connectivity index (χ0v) is 8.51. The molecule has 2 heteroatoms. The Morgan fingerprint density at radius 2 is 1.75 bits per heavy atom. The van der Waals surface area contributed by atoms with E-state index in [1.54, 1.807) is 0 Å². The molecule has 0 saturated carbocycles. The summed E-state index contributed by atoms with van der Waals surface area (Å²) in [5, 5.41) is 0. The smallest absolute Gasteiger partial charge is 0.0575 e. The van der Waals surface area contributed by atoms with Crippen LogP contribution >= 0.6 is 0 Å². The van der Waals surface area contributed by atoms with Crippen molar-refractivity contribution in [1.82, 2.24) is 0 Å². The monoisotopic (exact) mass is 173 g/mol. The maximum atomic E-state index is 5.68. The van der Waals surface area contributed by atoms with Gasteiger partial charge in [0.15, 0.2) is 0 Å². The number of ether oxygens (including phenoxy) is 1. The van der Waals surface area contributed by atoms with Crippen LogP contribution < -0.4 is 5.73 Å². The van der Waals surface area contributed by atoms with Crippen LogP contribution in [0.2, 0.25) is 0 Å². The van der Waals surface area contributed by atoms with E-state index in [1.807, 2.05) is 0 Å². The lowest BCUT2D eigenvalue weighted by Crippen LogP contribution is -2.15. The van der Waals surface area contributed by atoms with Gasteiger partial charge in [-0.1, -0.05) is 26.7 Å². The van der Waals surface area contributed by atoms with Crippen LogP contribution in [-0.4, -0.2) is 19.3 Å². The van der Waals surface area contributed by atoms with Gasteiger partial charge in [-0.2, -0.15) is 0 Å². The Bertz CT molecular complexity index is 79.9. The molecule has 0 aliphatic carbocycles. The third-order valence-electron chi connectivity index (χ3n) is 1.92. The van der Waals surface area contributed by atoms with Crippen LogP contribution in [0.4, 0.5) is 0 Å². The largest absolute Gasteiger partial charge is 0.378 e. The Hall–Kier alpha value is -0.0800. The molecule has 0 unspecified atom stereocenters. The third kappa shape index (κ3) is 6.62. The fourth-order valence-electron chi connectivity index (χ4n) is 1.29. The van der Waals surface area contributed by atoms with Gasteiger partial charge < -0.3 is 10.5 Å². The predicted octanol–water partition coefficient (Wildman–Crippen LogP) is 2.32. The second-order valence-corrected chi connectivity index (χ2v) is 3.21. The zero-order valence-electron chi connectivity index (χ0n) is 8.51. The highest BCUT2D eigenvalue weighted by Gasteiger charge is 2.05. The number of rotatable bonds is 8. The second-order valence-electron chi connectivity index (χ2n) is 3.21. The van der Waals surface area contributed by atoms with E-state index in [1.165, 1.54) is 25.7 Å². The molecule has 0 aromatic carbocycles. The van der Waals surface area contributed by atoms with E-state index < -0.39 is 0 Å². The van der Waals surface area contributed by atoms with E-state index in [0.29, 0.717) is 6.10 Å². The van der Waals surface area contributed by atoms with Crippen molar-refractivity contribution >= 4 is 0 Å². The molecule has 12 heavy (non-hydrogen) atoms. The molecule has 0 aromatic rings. The van der Waals surface area contributed by atoms with Crippen molar-refractivity contribution in [2.45, 2.75) is 52.1 Å². The molecule has 0 atom stereocenters. The molecule has 0 rings (SSSR count). The highest BCUT2D eigenvalue weighted by molar-refractivity contribution is 4.56. The first-order chi connectivity index (χ1) is 5.85. The Balaban J connectivity index is 3.34. The van der Waals surface area contributed by atoms with E-state index in [0.717, 1.165) is 19.6 Å². The summed E-state index contributed by atoms with van der Waals surface area (Å²) in [6.07, 6.45) is 6.29. The fourth-order valence-corrected chi connectivity index (χ4v) is 1.29. The minimum atomic E-state index is 0.478. The van der Waals surface area contributed by atoms with Gasteiger partial charge >= 0.3 is 0 Å². The van der Waals surface area contributed by atoms with Crippen LogP contribution in [0.15, 0.2) is 0 Å². The van der Waals surface area contributed by atoms with Crippen molar-refractivity contribution in [2.75, 3.05) is 13.2 Å². The zero-order chi connectivity index (χ0) is 9.23. The molecule has 0 aliphatic rings. The normalized spacial score (nSPS) is 11.0. The Kier molecular flexibility index (Phi) is 8.95. The topological polar surface area (TPSA) is 35.2 Å². The van der Waals surface area contributed by atoms with E-state index in [2.05, 4.69) is 13.8 Å². The van der Waals surface area contributed by atoms with Crippen molar-refractivity contribution < 1.29 is 4.74 Å². The predicted molar refractivity (Wildman–Crippen MR) is 53.2 cm³/mol. The molecule has 0 amide bonds. The Morgan fingerprint density at radius 1 is 1.17 bits per heavy atom. The maximum absolute atomic E-state index is 5.68. The number of hydrogen-bond donors (Lipinski definition) is 1. The summed E-state index contributed by atoms with van der Waals surface area (Å²) in [5.41, 5.74) is 5.38. The lowest BCUT2D eigenvalue weighted by atomic mass is 10.1. The molecule has 0 aromatic heterocycles. The molecule has 74 valence electrons. The first-order valence-electron chi connectivity index (χ1n) is 5.16. The lowest BCUT2D eigenvalue weighted by molar-refractivity contribution is 0.0402. The van der Waals surface area contributed by atoms with Gasteiger partial charge in [0.2, 0.25) is 0 Å². The maximum Gasteiger partial charge on any atom is 0.0575 e. The minimum Gasteiger partial charge on any atom is -0.378 e. The van der Waals surface area contributed by atoms with Crippen LogP contribution in [0.1, 0.15) is 46.0 Å². The van der Waals surface area contributed by atoms with E-state index in [-0.39, 0.29) is 0 Å². The summed E-state index contributed by atoms with van der Waals surface area (Å²) < 4.78 is 5.68. The summed E-state index contributed by atoms with van der Waals surface area (Å²) >= 11 is 0. The van der Waals surface area contributed by atoms with Gasteiger partial charge in [0.25, 0.3) is 0 Å². The van der Waals surface area contributed by atoms with Gasteiger partial charge in [-0.15, -0.1) is 0 Å². The molecule has 0 bridgehead atoms. The molecule has 0 heterocycles. The summed E-state index contributed by atoms with van der Waals surface area (Å²) in [6.45, 7) is 5.98. The molecule has 2 nitrogen and oxygen atoms in total. The molecule has 0 spiro atoms. The molecule has 0 fully saturated rings. The van der Waals surface area contributed by atoms with Crippen LogP contribution in [0.3, 0.4) is 0 Å². The van der Waals surface area contributed by atoms with Crippen molar-refractivity contribution in [3.05, 3.63) is 0 Å². The summed E-state index contributed by atoms with van der Waals surface area (Å²) in [6, 6.07) is 0. The van der Waals surface area contributed by atoms with Crippen molar-refractivity contribution in [2.24, 2.45) is 5.73 Å². The quantitative estimate of drug-likeness (QED) is 0.572.